The van der Waals surface area contributed by atoms with Crippen molar-refractivity contribution < 1.29 is 9.53 Å². The Kier molecular flexibility index (Phi) is 7.07. The summed E-state index contributed by atoms with van der Waals surface area (Å²) >= 11 is 0. The number of likely N-dealkylation sites (N-methyl/N-ethyl adjacent to an activating group) is 1. The monoisotopic (exact) mass is 320 g/mol. The smallest absolute Gasteiger partial charge is 0.412 e. The van der Waals surface area contributed by atoms with Crippen LogP contribution in [0, 0.1) is 5.92 Å². The largest absolute Gasteiger partial charge is 0.444 e. The third-order valence-electron chi connectivity index (χ3n) is 4.01. The van der Waals surface area contributed by atoms with E-state index in [1.807, 2.05) is 32.9 Å². The average molecular weight is 320 g/mol. The van der Waals surface area contributed by atoms with Gasteiger partial charge >= 0.3 is 6.09 Å². The van der Waals surface area contributed by atoms with Gasteiger partial charge in [-0.3, -0.25) is 5.32 Å². The third kappa shape index (κ3) is 7.51. The molecule has 0 aliphatic heterocycles. The van der Waals surface area contributed by atoms with Crippen LogP contribution in [-0.2, 0) is 11.2 Å². The van der Waals surface area contributed by atoms with Gasteiger partial charge in [0.2, 0.25) is 0 Å². The Bertz CT molecular complexity index is 489. The molecule has 0 aliphatic carbocycles. The molecule has 0 fully saturated rings. The van der Waals surface area contributed by atoms with Crippen LogP contribution < -0.4 is 5.32 Å². The highest BCUT2D eigenvalue weighted by Gasteiger charge is 2.16. The Balaban J connectivity index is 2.49. The first-order valence-corrected chi connectivity index (χ1v) is 8.37. The molecular formula is C19H32N2O2. The lowest BCUT2D eigenvalue weighted by molar-refractivity contribution is 0.0636. The molecule has 1 aromatic rings. The molecule has 4 heteroatoms. The topological polar surface area (TPSA) is 41.6 Å². The predicted molar refractivity (Wildman–Crippen MR) is 96.9 cm³/mol. The van der Waals surface area contributed by atoms with Gasteiger partial charge in [0.25, 0.3) is 0 Å². The number of hydrogen-bond acceptors (Lipinski definition) is 3. The minimum absolute atomic E-state index is 0.421. The van der Waals surface area contributed by atoms with Crippen LogP contribution in [0.1, 0.15) is 47.1 Å². The number of anilines is 1. The van der Waals surface area contributed by atoms with Crippen LogP contribution in [0.15, 0.2) is 24.3 Å². The quantitative estimate of drug-likeness (QED) is 0.836. The summed E-state index contributed by atoms with van der Waals surface area (Å²) in [6.07, 6.45) is 0.580. The molecule has 0 saturated heterocycles. The maximum absolute atomic E-state index is 11.7. The van der Waals surface area contributed by atoms with E-state index in [0.717, 1.165) is 18.7 Å². The van der Waals surface area contributed by atoms with Gasteiger partial charge in [-0.1, -0.05) is 26.0 Å². The van der Waals surface area contributed by atoms with Crippen LogP contribution in [-0.4, -0.2) is 36.2 Å². The van der Waals surface area contributed by atoms with Gasteiger partial charge in [0.1, 0.15) is 5.60 Å². The van der Waals surface area contributed by atoms with Gasteiger partial charge in [0, 0.05) is 18.3 Å². The highest BCUT2D eigenvalue weighted by molar-refractivity contribution is 5.84. The maximum atomic E-state index is 11.7. The van der Waals surface area contributed by atoms with Crippen molar-refractivity contribution in [2.24, 2.45) is 5.92 Å². The van der Waals surface area contributed by atoms with E-state index >= 15 is 0 Å². The summed E-state index contributed by atoms with van der Waals surface area (Å²) in [5.41, 5.74) is 1.54. The Hall–Kier alpha value is -1.55. The second-order valence-corrected chi connectivity index (χ2v) is 7.54. The van der Waals surface area contributed by atoms with Crippen LogP contribution in [0.5, 0.6) is 0 Å². The van der Waals surface area contributed by atoms with Gasteiger partial charge in [-0.05, 0) is 64.8 Å². The van der Waals surface area contributed by atoms with Crippen molar-refractivity contribution >= 4 is 11.8 Å². The van der Waals surface area contributed by atoms with E-state index in [1.165, 1.54) is 5.56 Å². The molecule has 0 aliphatic rings. The predicted octanol–water partition coefficient (Wildman–Crippen LogP) is 4.55. The summed E-state index contributed by atoms with van der Waals surface area (Å²) in [5, 5.41) is 2.75. The van der Waals surface area contributed by atoms with Crippen LogP contribution in [0.3, 0.4) is 0 Å². The second kappa shape index (κ2) is 8.34. The van der Waals surface area contributed by atoms with Crippen molar-refractivity contribution in [3.8, 4) is 0 Å². The number of hydrogen-bond donors (Lipinski definition) is 1. The summed E-state index contributed by atoms with van der Waals surface area (Å²) in [5.74, 6) is 0.653. The van der Waals surface area contributed by atoms with Gasteiger partial charge in [-0.2, -0.15) is 0 Å². The second-order valence-electron chi connectivity index (χ2n) is 7.54. The normalized spacial score (nSPS) is 13.3. The number of carbonyl (C=O) groups excluding carboxylic acids is 1. The molecule has 0 saturated carbocycles. The lowest BCUT2D eigenvalue weighted by Crippen LogP contribution is -2.34. The van der Waals surface area contributed by atoms with E-state index in [1.54, 1.807) is 0 Å². The number of rotatable bonds is 6. The molecule has 4 nitrogen and oxygen atoms in total. The minimum atomic E-state index is -0.484. The first kappa shape index (κ1) is 19.5. The number of benzene rings is 1. The molecule has 1 atom stereocenters. The molecule has 23 heavy (non-hydrogen) atoms. The summed E-state index contributed by atoms with van der Waals surface area (Å²) in [6.45, 7) is 13.3. The number of carbonyl (C=O) groups is 1. The van der Waals surface area contributed by atoms with Crippen molar-refractivity contribution in [2.45, 2.75) is 59.6 Å². The Morgan fingerprint density at radius 1 is 1.17 bits per heavy atom. The molecule has 0 radical (unpaired) electrons. The van der Waals surface area contributed by atoms with E-state index in [4.69, 9.17) is 4.74 Å². The number of nitrogens with one attached hydrogen (secondary N) is 1. The van der Waals surface area contributed by atoms with E-state index < -0.39 is 11.7 Å². The van der Waals surface area contributed by atoms with Crippen molar-refractivity contribution in [1.82, 2.24) is 4.90 Å². The molecule has 0 heterocycles. The average Bonchev–Trinajstić information content (AvgIpc) is 2.43. The van der Waals surface area contributed by atoms with E-state index in [0.29, 0.717) is 12.0 Å². The van der Waals surface area contributed by atoms with Gasteiger partial charge in [0.05, 0.1) is 0 Å². The molecule has 130 valence electrons. The van der Waals surface area contributed by atoms with Crippen LogP contribution in [0.25, 0.3) is 0 Å². The molecule has 1 rings (SSSR count). The van der Waals surface area contributed by atoms with Crippen molar-refractivity contribution in [3.63, 3.8) is 0 Å². The maximum Gasteiger partial charge on any atom is 0.412 e. The molecule has 1 aromatic carbocycles. The summed E-state index contributed by atoms with van der Waals surface area (Å²) in [7, 11) is 2.17. The van der Waals surface area contributed by atoms with Gasteiger partial charge in [-0.25, -0.2) is 4.79 Å². The third-order valence-corrected chi connectivity index (χ3v) is 4.01. The fraction of sp³-hybridized carbons (Fsp3) is 0.632. The molecule has 1 amide bonds. The van der Waals surface area contributed by atoms with Crippen LogP contribution >= 0.6 is 0 Å². The molecule has 0 bridgehead atoms. The van der Waals surface area contributed by atoms with Gasteiger partial charge in [-0.15, -0.1) is 0 Å². The number of ether oxygens (including phenoxy) is 1. The molecule has 1 N–H and O–H groups in total. The first-order chi connectivity index (χ1) is 10.6. The fourth-order valence-corrected chi connectivity index (χ4v) is 2.19. The zero-order valence-electron chi connectivity index (χ0n) is 15.6. The van der Waals surface area contributed by atoms with Crippen molar-refractivity contribution in [1.29, 1.82) is 0 Å². The fourth-order valence-electron chi connectivity index (χ4n) is 2.19. The van der Waals surface area contributed by atoms with Gasteiger partial charge in [0.15, 0.2) is 0 Å². The van der Waals surface area contributed by atoms with Crippen molar-refractivity contribution in [3.05, 3.63) is 29.8 Å². The minimum Gasteiger partial charge on any atom is -0.444 e. The number of nitrogens with zero attached hydrogens (tertiary/aromatic N) is 1. The zero-order chi connectivity index (χ0) is 17.6. The molecular weight excluding hydrogens is 288 g/mol. The summed E-state index contributed by atoms with van der Waals surface area (Å²) in [4.78, 5) is 14.1. The lowest BCUT2D eigenvalue weighted by Gasteiger charge is -2.27. The van der Waals surface area contributed by atoms with Crippen molar-refractivity contribution in [2.75, 3.05) is 18.9 Å². The summed E-state index contributed by atoms with van der Waals surface area (Å²) < 4.78 is 5.24. The van der Waals surface area contributed by atoms with Gasteiger partial charge < -0.3 is 9.64 Å². The first-order valence-electron chi connectivity index (χ1n) is 8.37. The number of amides is 1. The highest BCUT2D eigenvalue weighted by Crippen LogP contribution is 2.14. The van der Waals surface area contributed by atoms with E-state index in [9.17, 15) is 4.79 Å². The SMILES string of the molecule is CC(C)C(C)N(C)CCc1ccc(NC(=O)OC(C)(C)C)cc1. The van der Waals surface area contributed by atoms with E-state index in [-0.39, 0.29) is 0 Å². The lowest BCUT2D eigenvalue weighted by atomic mass is 10.0. The van der Waals surface area contributed by atoms with Crippen LogP contribution in [0.2, 0.25) is 0 Å². The standard InChI is InChI=1S/C19H32N2O2/c1-14(2)15(3)21(7)13-12-16-8-10-17(11-9-16)20-18(22)23-19(4,5)6/h8-11,14-15H,12-13H2,1-7H3,(H,20,22). The Labute approximate surface area is 141 Å². The highest BCUT2D eigenvalue weighted by atomic mass is 16.6. The Morgan fingerprint density at radius 3 is 2.22 bits per heavy atom. The molecule has 0 spiro atoms. The Morgan fingerprint density at radius 2 is 1.74 bits per heavy atom. The molecule has 1 unspecified atom stereocenters. The molecule has 0 aromatic heterocycles. The zero-order valence-corrected chi connectivity index (χ0v) is 15.6. The van der Waals surface area contributed by atoms with Crippen LogP contribution in [0.4, 0.5) is 10.5 Å². The van der Waals surface area contributed by atoms with E-state index in [2.05, 4.69) is 50.2 Å². The summed E-state index contributed by atoms with van der Waals surface area (Å²) in [6, 6.07) is 8.53.